The zero-order valence-corrected chi connectivity index (χ0v) is 12.0. The summed E-state index contributed by atoms with van der Waals surface area (Å²) in [5, 5.41) is 8.79. The van der Waals surface area contributed by atoms with Crippen LogP contribution in [0.1, 0.15) is 19.8 Å². The Kier molecular flexibility index (Phi) is 6.87. The number of carboxylic acids is 1. The predicted molar refractivity (Wildman–Crippen MR) is 77.1 cm³/mol. The van der Waals surface area contributed by atoms with Crippen LogP contribution < -0.4 is 15.2 Å². The molecule has 112 valence electrons. The van der Waals surface area contributed by atoms with E-state index in [0.717, 1.165) is 17.9 Å². The zero-order valence-electron chi connectivity index (χ0n) is 12.0. The molecule has 0 amide bonds. The smallest absolute Gasteiger partial charge is 0.303 e. The monoisotopic (exact) mass is 281 g/mol. The summed E-state index contributed by atoms with van der Waals surface area (Å²) in [5.74, 6) is 1.02. The fourth-order valence-electron chi connectivity index (χ4n) is 2.06. The number of ether oxygens (including phenoxy) is 2. The Hall–Kier alpha value is -1.75. The molecule has 0 saturated heterocycles. The van der Waals surface area contributed by atoms with Crippen molar-refractivity contribution >= 4 is 5.97 Å². The third-order valence-corrected chi connectivity index (χ3v) is 3.13. The molecule has 0 fully saturated rings. The van der Waals surface area contributed by atoms with Crippen molar-refractivity contribution in [3.05, 3.63) is 24.3 Å². The third kappa shape index (κ3) is 5.93. The molecule has 0 bridgehead atoms. The zero-order chi connectivity index (χ0) is 15.0. The molecule has 20 heavy (non-hydrogen) atoms. The van der Waals surface area contributed by atoms with Crippen LogP contribution >= 0.6 is 0 Å². The van der Waals surface area contributed by atoms with Gasteiger partial charge in [-0.2, -0.15) is 0 Å². The average molecular weight is 281 g/mol. The van der Waals surface area contributed by atoms with E-state index in [1.807, 2.05) is 31.2 Å². The van der Waals surface area contributed by atoms with Gasteiger partial charge in [-0.05, 0) is 49.1 Å². The lowest BCUT2D eigenvalue weighted by Gasteiger charge is -2.18. The Bertz CT molecular complexity index is 405. The second kappa shape index (κ2) is 8.43. The number of hydrogen-bond donors (Lipinski definition) is 2. The molecule has 0 aliphatic rings. The maximum Gasteiger partial charge on any atom is 0.303 e. The highest BCUT2D eigenvalue weighted by molar-refractivity contribution is 5.67. The van der Waals surface area contributed by atoms with Crippen LogP contribution in [0, 0.1) is 11.8 Å². The molecule has 0 aliphatic heterocycles. The molecule has 0 radical (unpaired) electrons. The van der Waals surface area contributed by atoms with Crippen LogP contribution in [0.25, 0.3) is 0 Å². The van der Waals surface area contributed by atoms with Gasteiger partial charge < -0.3 is 20.3 Å². The van der Waals surface area contributed by atoms with Crippen molar-refractivity contribution in [3.8, 4) is 11.5 Å². The van der Waals surface area contributed by atoms with Crippen LogP contribution in [0.2, 0.25) is 0 Å². The summed E-state index contributed by atoms with van der Waals surface area (Å²) in [5.41, 5.74) is 5.59. The van der Waals surface area contributed by atoms with Crippen molar-refractivity contribution < 1.29 is 19.4 Å². The molecule has 1 aromatic rings. The lowest BCUT2D eigenvalue weighted by molar-refractivity contribution is -0.138. The number of carboxylic acid groups (broad SMARTS) is 1. The topological polar surface area (TPSA) is 81.8 Å². The minimum absolute atomic E-state index is 0.00182. The van der Waals surface area contributed by atoms with Gasteiger partial charge in [-0.25, -0.2) is 0 Å². The molecule has 1 aromatic carbocycles. The highest BCUT2D eigenvalue weighted by Gasteiger charge is 2.15. The lowest BCUT2D eigenvalue weighted by atomic mass is 9.94. The first kappa shape index (κ1) is 16.3. The number of carbonyl (C=O) groups is 1. The molecular weight excluding hydrogens is 258 g/mol. The first-order chi connectivity index (χ1) is 9.55. The van der Waals surface area contributed by atoms with E-state index >= 15 is 0 Å². The quantitative estimate of drug-likeness (QED) is 0.724. The molecule has 1 unspecified atom stereocenters. The third-order valence-electron chi connectivity index (χ3n) is 3.13. The van der Waals surface area contributed by atoms with Gasteiger partial charge in [0.25, 0.3) is 0 Å². The summed E-state index contributed by atoms with van der Waals surface area (Å²) in [7, 11) is 1.62. The Labute approximate surface area is 119 Å². The van der Waals surface area contributed by atoms with E-state index in [0.29, 0.717) is 13.2 Å². The van der Waals surface area contributed by atoms with Gasteiger partial charge >= 0.3 is 5.97 Å². The molecular formula is C15H23NO4. The fraction of sp³-hybridized carbons (Fsp3) is 0.533. The van der Waals surface area contributed by atoms with Crippen molar-refractivity contribution in [2.45, 2.75) is 19.8 Å². The van der Waals surface area contributed by atoms with Crippen molar-refractivity contribution in [2.24, 2.45) is 17.6 Å². The van der Waals surface area contributed by atoms with Gasteiger partial charge in [0.05, 0.1) is 13.7 Å². The Morgan fingerprint density at radius 3 is 2.40 bits per heavy atom. The molecule has 2 atom stereocenters. The van der Waals surface area contributed by atoms with E-state index < -0.39 is 5.97 Å². The van der Waals surface area contributed by atoms with Crippen molar-refractivity contribution in [3.63, 3.8) is 0 Å². The lowest BCUT2D eigenvalue weighted by Crippen LogP contribution is -2.22. The van der Waals surface area contributed by atoms with Crippen LogP contribution in [0.5, 0.6) is 11.5 Å². The highest BCUT2D eigenvalue weighted by atomic mass is 16.5. The van der Waals surface area contributed by atoms with Crippen molar-refractivity contribution in [1.29, 1.82) is 0 Å². The van der Waals surface area contributed by atoms with E-state index in [1.54, 1.807) is 7.11 Å². The summed E-state index contributed by atoms with van der Waals surface area (Å²) in [6.45, 7) is 2.97. The minimum atomic E-state index is -0.802. The molecule has 1 rings (SSSR count). The van der Waals surface area contributed by atoms with Gasteiger partial charge in [0.15, 0.2) is 0 Å². The van der Waals surface area contributed by atoms with Crippen LogP contribution in [0.3, 0.4) is 0 Å². The molecule has 0 aliphatic carbocycles. The summed E-state index contributed by atoms with van der Waals surface area (Å²) in [6.07, 6.45) is 0.863. The first-order valence-electron chi connectivity index (χ1n) is 6.73. The fourth-order valence-corrected chi connectivity index (χ4v) is 2.06. The van der Waals surface area contributed by atoms with Crippen molar-refractivity contribution in [1.82, 2.24) is 0 Å². The molecule has 0 spiro atoms. The van der Waals surface area contributed by atoms with Crippen LogP contribution in [-0.2, 0) is 4.79 Å². The summed E-state index contributed by atoms with van der Waals surface area (Å²) < 4.78 is 10.7. The van der Waals surface area contributed by atoms with Gasteiger partial charge in [-0.1, -0.05) is 6.92 Å². The summed E-state index contributed by atoms with van der Waals surface area (Å²) >= 11 is 0. The van der Waals surface area contributed by atoms with Gasteiger partial charge in [-0.3, -0.25) is 4.79 Å². The summed E-state index contributed by atoms with van der Waals surface area (Å²) in [4.78, 5) is 10.7. The maximum atomic E-state index is 10.7. The number of nitrogens with two attached hydrogens (primary N) is 1. The second-order valence-electron chi connectivity index (χ2n) is 5.03. The van der Waals surface area contributed by atoms with E-state index in [4.69, 9.17) is 20.3 Å². The van der Waals surface area contributed by atoms with Gasteiger partial charge in [0.2, 0.25) is 0 Å². The van der Waals surface area contributed by atoms with Crippen LogP contribution in [-0.4, -0.2) is 31.3 Å². The SMILES string of the molecule is COc1ccc(OC[C@@H](C)CC(CN)CC(=O)O)cc1. The van der Waals surface area contributed by atoms with Gasteiger partial charge in [0, 0.05) is 6.42 Å². The normalized spacial score (nSPS) is 13.6. The number of hydrogen-bond acceptors (Lipinski definition) is 4. The van der Waals surface area contributed by atoms with Crippen LogP contribution in [0.4, 0.5) is 0 Å². The largest absolute Gasteiger partial charge is 0.497 e. The maximum absolute atomic E-state index is 10.7. The van der Waals surface area contributed by atoms with Gasteiger partial charge in [-0.15, -0.1) is 0 Å². The van der Waals surface area contributed by atoms with Gasteiger partial charge in [0.1, 0.15) is 11.5 Å². The Morgan fingerprint density at radius 2 is 1.90 bits per heavy atom. The minimum Gasteiger partial charge on any atom is -0.497 e. The number of methoxy groups -OCH3 is 1. The van der Waals surface area contributed by atoms with E-state index in [-0.39, 0.29) is 18.3 Å². The molecule has 0 heterocycles. The standard InChI is InChI=1S/C15H23NO4/c1-11(7-12(9-16)8-15(17)18)10-20-14-5-3-13(19-2)4-6-14/h3-6,11-12H,7-10,16H2,1-2H3,(H,17,18)/t11-,12?/m0/s1. The van der Waals surface area contributed by atoms with E-state index in [2.05, 4.69) is 0 Å². The summed E-state index contributed by atoms with van der Waals surface area (Å²) in [6, 6.07) is 7.38. The highest BCUT2D eigenvalue weighted by Crippen LogP contribution is 2.20. The molecule has 5 nitrogen and oxygen atoms in total. The average Bonchev–Trinajstić information content (AvgIpc) is 2.44. The molecule has 0 aromatic heterocycles. The molecule has 0 saturated carbocycles. The first-order valence-corrected chi connectivity index (χ1v) is 6.73. The predicted octanol–water partition coefficient (Wildman–Crippen LogP) is 2.15. The molecule has 5 heteroatoms. The van der Waals surface area contributed by atoms with E-state index in [1.165, 1.54) is 0 Å². The van der Waals surface area contributed by atoms with Crippen molar-refractivity contribution in [2.75, 3.05) is 20.3 Å². The van der Waals surface area contributed by atoms with Crippen LogP contribution in [0.15, 0.2) is 24.3 Å². The second-order valence-corrected chi connectivity index (χ2v) is 5.03. The Balaban J connectivity index is 2.37. The number of aliphatic carboxylic acids is 1. The number of rotatable bonds is 9. The van der Waals surface area contributed by atoms with E-state index in [9.17, 15) is 4.79 Å². The number of benzene rings is 1. The molecule has 3 N–H and O–H groups in total. The Morgan fingerprint density at radius 1 is 1.30 bits per heavy atom.